The van der Waals surface area contributed by atoms with Gasteiger partial charge in [-0.25, -0.2) is 8.78 Å². The van der Waals surface area contributed by atoms with E-state index in [0.717, 1.165) is 13.0 Å². The van der Waals surface area contributed by atoms with E-state index in [1.807, 2.05) is 11.9 Å². The quantitative estimate of drug-likeness (QED) is 0.648. The number of piperidine rings is 1. The second kappa shape index (κ2) is 3.91. The molecule has 0 aromatic heterocycles. The summed E-state index contributed by atoms with van der Waals surface area (Å²) in [4.78, 5) is 2.00. The highest BCUT2D eigenvalue weighted by molar-refractivity contribution is 4.84. The third kappa shape index (κ3) is 2.39. The van der Waals surface area contributed by atoms with Gasteiger partial charge in [0.2, 0.25) is 0 Å². The maximum Gasteiger partial charge on any atom is 0.254 e. The average Bonchev–Trinajstić information content (AvgIpc) is 2.04. The highest BCUT2D eigenvalue weighted by atomic mass is 19.3. The van der Waals surface area contributed by atoms with Gasteiger partial charge in [0, 0.05) is 18.4 Å². The maximum absolute atomic E-state index is 13.6. The summed E-state index contributed by atoms with van der Waals surface area (Å²) in [6.45, 7) is 4.72. The fourth-order valence-corrected chi connectivity index (χ4v) is 1.95. The third-order valence-corrected chi connectivity index (χ3v) is 2.94. The Morgan fingerprint density at radius 3 is 2.46 bits per heavy atom. The van der Waals surface area contributed by atoms with E-state index >= 15 is 0 Å². The van der Waals surface area contributed by atoms with Crippen molar-refractivity contribution in [1.29, 1.82) is 0 Å². The Labute approximate surface area is 79.1 Å². The van der Waals surface area contributed by atoms with Gasteiger partial charge in [0.25, 0.3) is 5.92 Å². The fourth-order valence-electron chi connectivity index (χ4n) is 1.95. The lowest BCUT2D eigenvalue weighted by molar-refractivity contribution is -0.114. The number of hydrogen-bond acceptors (Lipinski definition) is 1. The van der Waals surface area contributed by atoms with Gasteiger partial charge in [-0.3, -0.25) is 0 Å². The molecule has 0 amide bonds. The van der Waals surface area contributed by atoms with E-state index in [-0.39, 0.29) is 0 Å². The molecule has 1 nitrogen and oxygen atoms in total. The molecule has 3 heteroatoms. The number of alkyl halides is 2. The molecule has 0 aliphatic carbocycles. The van der Waals surface area contributed by atoms with Gasteiger partial charge in [-0.15, -0.1) is 0 Å². The molecular formula is C10H19F2N. The molecular weight excluding hydrogens is 172 g/mol. The van der Waals surface area contributed by atoms with Crippen LogP contribution in [0.4, 0.5) is 8.78 Å². The van der Waals surface area contributed by atoms with Crippen LogP contribution in [0.5, 0.6) is 0 Å². The van der Waals surface area contributed by atoms with Crippen LogP contribution in [0.15, 0.2) is 0 Å². The zero-order chi connectivity index (χ0) is 10.1. The molecule has 0 aromatic carbocycles. The van der Waals surface area contributed by atoms with Crippen molar-refractivity contribution in [2.45, 2.75) is 32.6 Å². The van der Waals surface area contributed by atoms with Crippen LogP contribution in [0, 0.1) is 11.8 Å². The van der Waals surface area contributed by atoms with Crippen LogP contribution in [0.25, 0.3) is 0 Å². The predicted octanol–water partition coefficient (Wildman–Crippen LogP) is 2.62. The van der Waals surface area contributed by atoms with Crippen molar-refractivity contribution < 1.29 is 8.78 Å². The van der Waals surface area contributed by atoms with E-state index in [0.29, 0.717) is 13.0 Å². The van der Waals surface area contributed by atoms with Crippen molar-refractivity contribution in [2.24, 2.45) is 11.8 Å². The fraction of sp³-hybridized carbons (Fsp3) is 1.00. The van der Waals surface area contributed by atoms with Gasteiger partial charge < -0.3 is 4.90 Å². The average molecular weight is 191 g/mol. The van der Waals surface area contributed by atoms with E-state index in [4.69, 9.17) is 0 Å². The number of hydrogen-bond donors (Lipinski definition) is 0. The zero-order valence-corrected chi connectivity index (χ0v) is 8.69. The second-order valence-electron chi connectivity index (χ2n) is 4.43. The maximum atomic E-state index is 13.6. The van der Waals surface area contributed by atoms with Crippen molar-refractivity contribution in [1.82, 2.24) is 4.90 Å². The molecule has 13 heavy (non-hydrogen) atoms. The largest absolute Gasteiger partial charge is 0.306 e. The molecule has 78 valence electrons. The number of nitrogens with zero attached hydrogens (tertiary/aromatic N) is 1. The third-order valence-electron chi connectivity index (χ3n) is 2.94. The zero-order valence-electron chi connectivity index (χ0n) is 8.69. The van der Waals surface area contributed by atoms with Crippen molar-refractivity contribution in [3.8, 4) is 0 Å². The van der Waals surface area contributed by atoms with Crippen LogP contribution >= 0.6 is 0 Å². The molecule has 1 heterocycles. The minimum Gasteiger partial charge on any atom is -0.306 e. The van der Waals surface area contributed by atoms with Crippen molar-refractivity contribution in [3.63, 3.8) is 0 Å². The molecule has 1 atom stereocenters. The molecule has 0 aromatic rings. The Hall–Kier alpha value is -0.180. The molecule has 1 fully saturated rings. The first-order valence-corrected chi connectivity index (χ1v) is 5.01. The molecule has 0 radical (unpaired) electrons. The first-order valence-electron chi connectivity index (χ1n) is 5.01. The Morgan fingerprint density at radius 1 is 1.38 bits per heavy atom. The summed E-state index contributed by atoms with van der Waals surface area (Å²) < 4.78 is 27.2. The highest BCUT2D eigenvalue weighted by Crippen LogP contribution is 2.37. The van der Waals surface area contributed by atoms with Gasteiger partial charge in [0.1, 0.15) is 0 Å². The van der Waals surface area contributed by atoms with Gasteiger partial charge in [-0.1, -0.05) is 13.8 Å². The van der Waals surface area contributed by atoms with Crippen LogP contribution in [0.2, 0.25) is 0 Å². The first-order chi connectivity index (χ1) is 5.94. The molecule has 1 unspecified atom stereocenters. The summed E-state index contributed by atoms with van der Waals surface area (Å²) >= 11 is 0. The standard InChI is InChI=1S/C10H19F2N/c1-8(2)10(11,12)9-5-4-6-13(3)7-9/h8-9H,4-7H2,1-3H3. The Kier molecular flexibility index (Phi) is 3.28. The van der Waals surface area contributed by atoms with Crippen LogP contribution in [-0.2, 0) is 0 Å². The minimum atomic E-state index is -2.49. The molecule has 0 bridgehead atoms. The molecule has 1 saturated heterocycles. The van der Waals surface area contributed by atoms with Crippen molar-refractivity contribution >= 4 is 0 Å². The summed E-state index contributed by atoms with van der Waals surface area (Å²) in [5, 5.41) is 0. The van der Waals surface area contributed by atoms with E-state index < -0.39 is 17.8 Å². The molecule has 1 aliphatic heterocycles. The van der Waals surface area contributed by atoms with Gasteiger partial charge >= 0.3 is 0 Å². The van der Waals surface area contributed by atoms with E-state index in [2.05, 4.69) is 0 Å². The van der Waals surface area contributed by atoms with Gasteiger partial charge in [-0.05, 0) is 26.4 Å². The monoisotopic (exact) mass is 191 g/mol. The summed E-state index contributed by atoms with van der Waals surface area (Å²) in [5.41, 5.74) is 0. The van der Waals surface area contributed by atoms with E-state index in [1.165, 1.54) is 0 Å². The predicted molar refractivity (Wildman–Crippen MR) is 50.0 cm³/mol. The van der Waals surface area contributed by atoms with Crippen molar-refractivity contribution in [2.75, 3.05) is 20.1 Å². The second-order valence-corrected chi connectivity index (χ2v) is 4.43. The lowest BCUT2D eigenvalue weighted by Crippen LogP contribution is -2.44. The van der Waals surface area contributed by atoms with Gasteiger partial charge in [0.15, 0.2) is 0 Å². The highest BCUT2D eigenvalue weighted by Gasteiger charge is 2.43. The van der Waals surface area contributed by atoms with Gasteiger partial charge in [0.05, 0.1) is 0 Å². The molecule has 0 N–H and O–H groups in total. The Balaban J connectivity index is 2.59. The summed E-state index contributed by atoms with van der Waals surface area (Å²) in [6.07, 6.45) is 1.58. The summed E-state index contributed by atoms with van der Waals surface area (Å²) in [7, 11) is 1.92. The lowest BCUT2D eigenvalue weighted by atomic mass is 9.86. The minimum absolute atomic E-state index is 0.439. The normalized spacial score (nSPS) is 26.8. The van der Waals surface area contributed by atoms with Gasteiger partial charge in [-0.2, -0.15) is 0 Å². The summed E-state index contributed by atoms with van der Waals surface area (Å²) in [5.74, 6) is -3.47. The smallest absolute Gasteiger partial charge is 0.254 e. The van der Waals surface area contributed by atoms with Crippen LogP contribution in [0.1, 0.15) is 26.7 Å². The first kappa shape index (κ1) is 10.9. The molecule has 0 saturated carbocycles. The number of rotatable bonds is 2. The Morgan fingerprint density at radius 2 is 2.00 bits per heavy atom. The molecule has 1 rings (SSSR count). The Bertz CT molecular complexity index is 168. The van der Waals surface area contributed by atoms with E-state index in [1.54, 1.807) is 13.8 Å². The van der Waals surface area contributed by atoms with Crippen LogP contribution < -0.4 is 0 Å². The SMILES string of the molecule is CC(C)C(F)(F)C1CCCN(C)C1. The topological polar surface area (TPSA) is 3.24 Å². The molecule has 1 aliphatic rings. The van der Waals surface area contributed by atoms with Crippen LogP contribution in [0.3, 0.4) is 0 Å². The summed E-state index contributed by atoms with van der Waals surface area (Å²) in [6, 6.07) is 0. The number of likely N-dealkylation sites (tertiary alicyclic amines) is 1. The molecule has 0 spiro atoms. The number of halogens is 2. The van der Waals surface area contributed by atoms with Crippen molar-refractivity contribution in [3.05, 3.63) is 0 Å². The van der Waals surface area contributed by atoms with E-state index in [9.17, 15) is 8.78 Å². The lowest BCUT2D eigenvalue weighted by Gasteiger charge is -2.36. The van der Waals surface area contributed by atoms with Crippen LogP contribution in [-0.4, -0.2) is 31.0 Å².